The molecule has 0 bridgehead atoms. The van der Waals surface area contributed by atoms with Crippen molar-refractivity contribution >= 4 is 22.6 Å². The SMILES string of the molecule is Cc1cc(C(=O)NC2CCC(CCCc3nc(N(C)C)c4ccccc4n3)CC2)n(C)n1. The zero-order valence-corrected chi connectivity index (χ0v) is 19.6. The Morgan fingerprint density at radius 3 is 2.59 bits per heavy atom. The van der Waals surface area contributed by atoms with Crippen LogP contribution in [0.5, 0.6) is 0 Å². The lowest BCUT2D eigenvalue weighted by Crippen LogP contribution is -2.38. The van der Waals surface area contributed by atoms with Crippen LogP contribution >= 0.6 is 0 Å². The van der Waals surface area contributed by atoms with Gasteiger partial charge in [0.15, 0.2) is 0 Å². The molecule has 7 nitrogen and oxygen atoms in total. The van der Waals surface area contributed by atoms with Crippen molar-refractivity contribution in [2.45, 2.75) is 57.9 Å². The molecule has 32 heavy (non-hydrogen) atoms. The van der Waals surface area contributed by atoms with Gasteiger partial charge in [-0.3, -0.25) is 9.48 Å². The van der Waals surface area contributed by atoms with Crippen molar-refractivity contribution in [1.82, 2.24) is 25.1 Å². The first-order valence-corrected chi connectivity index (χ1v) is 11.6. The third kappa shape index (κ3) is 5.09. The van der Waals surface area contributed by atoms with Gasteiger partial charge >= 0.3 is 0 Å². The Bertz CT molecular complexity index is 1080. The van der Waals surface area contributed by atoms with Gasteiger partial charge in [0.1, 0.15) is 17.3 Å². The lowest BCUT2D eigenvalue weighted by Gasteiger charge is -2.29. The fraction of sp³-hybridized carbons (Fsp3) is 0.520. The molecule has 0 saturated heterocycles. The van der Waals surface area contributed by atoms with Gasteiger partial charge in [0.05, 0.1) is 11.2 Å². The van der Waals surface area contributed by atoms with Crippen LogP contribution < -0.4 is 10.2 Å². The molecule has 3 aromatic rings. The fourth-order valence-corrected chi connectivity index (χ4v) is 4.79. The van der Waals surface area contributed by atoms with E-state index in [-0.39, 0.29) is 11.9 Å². The number of amides is 1. The van der Waals surface area contributed by atoms with Gasteiger partial charge in [-0.1, -0.05) is 18.6 Å². The molecule has 1 amide bonds. The van der Waals surface area contributed by atoms with Gasteiger partial charge in [-0.25, -0.2) is 9.97 Å². The smallest absolute Gasteiger partial charge is 0.269 e. The Balaban J connectivity index is 1.26. The number of para-hydroxylation sites is 1. The molecule has 0 radical (unpaired) electrons. The summed E-state index contributed by atoms with van der Waals surface area (Å²) in [7, 11) is 5.88. The maximum atomic E-state index is 12.5. The Morgan fingerprint density at radius 2 is 1.91 bits per heavy atom. The lowest BCUT2D eigenvalue weighted by molar-refractivity contribution is 0.0911. The predicted octanol–water partition coefficient (Wildman–Crippen LogP) is 4.05. The molecule has 2 aromatic heterocycles. The highest BCUT2D eigenvalue weighted by Gasteiger charge is 2.24. The van der Waals surface area contributed by atoms with Crippen LogP contribution in [0.2, 0.25) is 0 Å². The average Bonchev–Trinajstić information content (AvgIpc) is 3.12. The second-order valence-corrected chi connectivity index (χ2v) is 9.25. The fourth-order valence-electron chi connectivity index (χ4n) is 4.79. The topological polar surface area (TPSA) is 75.9 Å². The Kier molecular flexibility index (Phi) is 6.72. The van der Waals surface area contributed by atoms with E-state index in [9.17, 15) is 4.79 Å². The number of hydrogen-bond donors (Lipinski definition) is 1. The molecular formula is C25H34N6O. The number of anilines is 1. The van der Waals surface area contributed by atoms with Crippen LogP contribution in [0.15, 0.2) is 30.3 Å². The van der Waals surface area contributed by atoms with Crippen LogP contribution in [0.25, 0.3) is 10.9 Å². The molecule has 0 unspecified atom stereocenters. The molecule has 170 valence electrons. The molecule has 7 heteroatoms. The van der Waals surface area contributed by atoms with Gasteiger partial charge in [0.2, 0.25) is 0 Å². The van der Waals surface area contributed by atoms with Crippen molar-refractivity contribution in [2.75, 3.05) is 19.0 Å². The Labute approximate surface area is 190 Å². The third-order valence-electron chi connectivity index (χ3n) is 6.48. The van der Waals surface area contributed by atoms with E-state index in [1.165, 1.54) is 6.42 Å². The normalized spacial score (nSPS) is 18.6. The zero-order chi connectivity index (χ0) is 22.7. The van der Waals surface area contributed by atoms with E-state index >= 15 is 0 Å². The first kappa shape index (κ1) is 22.2. The number of nitrogens with one attached hydrogen (secondary N) is 1. The van der Waals surface area contributed by atoms with Crippen LogP contribution in [0.3, 0.4) is 0 Å². The van der Waals surface area contributed by atoms with Gasteiger partial charge < -0.3 is 10.2 Å². The number of nitrogens with zero attached hydrogens (tertiary/aromatic N) is 5. The van der Waals surface area contributed by atoms with Crippen LogP contribution in [0.4, 0.5) is 5.82 Å². The van der Waals surface area contributed by atoms with Gasteiger partial charge in [-0.2, -0.15) is 5.10 Å². The van der Waals surface area contributed by atoms with Crippen molar-refractivity contribution in [3.8, 4) is 0 Å². The first-order valence-electron chi connectivity index (χ1n) is 11.6. The van der Waals surface area contributed by atoms with Crippen LogP contribution in [-0.4, -0.2) is 45.8 Å². The van der Waals surface area contributed by atoms with Crippen molar-refractivity contribution in [1.29, 1.82) is 0 Å². The van der Waals surface area contributed by atoms with Crippen molar-refractivity contribution in [3.63, 3.8) is 0 Å². The molecule has 1 N–H and O–H groups in total. The summed E-state index contributed by atoms with van der Waals surface area (Å²) in [5, 5.41) is 8.57. The summed E-state index contributed by atoms with van der Waals surface area (Å²) in [4.78, 5) is 24.2. The van der Waals surface area contributed by atoms with Crippen molar-refractivity contribution in [3.05, 3.63) is 47.5 Å². The molecular weight excluding hydrogens is 400 g/mol. The van der Waals surface area contributed by atoms with E-state index in [1.807, 2.05) is 46.3 Å². The molecule has 1 aromatic carbocycles. The third-order valence-corrected chi connectivity index (χ3v) is 6.48. The maximum Gasteiger partial charge on any atom is 0.269 e. The quantitative estimate of drug-likeness (QED) is 0.607. The summed E-state index contributed by atoms with van der Waals surface area (Å²) in [6.45, 7) is 1.91. The number of fused-ring (bicyclic) bond motifs is 1. The summed E-state index contributed by atoms with van der Waals surface area (Å²) >= 11 is 0. The lowest BCUT2D eigenvalue weighted by atomic mass is 9.83. The largest absolute Gasteiger partial charge is 0.362 e. The molecule has 4 rings (SSSR count). The number of aryl methyl sites for hydroxylation is 3. The van der Waals surface area contributed by atoms with E-state index < -0.39 is 0 Å². The molecule has 1 aliphatic rings. The van der Waals surface area contributed by atoms with E-state index in [0.717, 1.165) is 72.7 Å². The van der Waals surface area contributed by atoms with Crippen LogP contribution in [0.1, 0.15) is 60.5 Å². The van der Waals surface area contributed by atoms with Crippen LogP contribution in [-0.2, 0) is 13.5 Å². The summed E-state index contributed by atoms with van der Waals surface area (Å²) in [6.07, 6.45) is 7.61. The second kappa shape index (κ2) is 9.67. The minimum Gasteiger partial charge on any atom is -0.362 e. The van der Waals surface area contributed by atoms with E-state index in [1.54, 1.807) is 4.68 Å². The molecule has 1 fully saturated rings. The highest BCUT2D eigenvalue weighted by atomic mass is 16.2. The second-order valence-electron chi connectivity index (χ2n) is 9.25. The van der Waals surface area contributed by atoms with Gasteiger partial charge in [-0.15, -0.1) is 0 Å². The molecule has 0 spiro atoms. The monoisotopic (exact) mass is 434 g/mol. The molecule has 1 aliphatic carbocycles. The van der Waals surface area contributed by atoms with Crippen molar-refractivity contribution in [2.24, 2.45) is 13.0 Å². The highest BCUT2D eigenvalue weighted by molar-refractivity contribution is 5.92. The summed E-state index contributed by atoms with van der Waals surface area (Å²) < 4.78 is 1.66. The average molecular weight is 435 g/mol. The summed E-state index contributed by atoms with van der Waals surface area (Å²) in [6, 6.07) is 10.3. The number of benzene rings is 1. The van der Waals surface area contributed by atoms with Gasteiger partial charge in [0, 0.05) is 39.0 Å². The van der Waals surface area contributed by atoms with E-state index in [4.69, 9.17) is 9.97 Å². The van der Waals surface area contributed by atoms with Crippen LogP contribution in [0, 0.1) is 12.8 Å². The maximum absolute atomic E-state index is 12.5. The van der Waals surface area contributed by atoms with Crippen molar-refractivity contribution < 1.29 is 4.79 Å². The van der Waals surface area contributed by atoms with Gasteiger partial charge in [0.25, 0.3) is 5.91 Å². The number of rotatable bonds is 7. The number of carbonyl (C=O) groups excluding carboxylic acids is 1. The van der Waals surface area contributed by atoms with Gasteiger partial charge in [-0.05, 0) is 63.1 Å². The molecule has 0 atom stereocenters. The molecule has 2 heterocycles. The first-order chi connectivity index (χ1) is 15.4. The van der Waals surface area contributed by atoms with E-state index in [2.05, 4.69) is 27.4 Å². The predicted molar refractivity (Wildman–Crippen MR) is 128 cm³/mol. The minimum atomic E-state index is -0.0123. The van der Waals surface area contributed by atoms with E-state index in [0.29, 0.717) is 5.69 Å². The number of hydrogen-bond acceptors (Lipinski definition) is 5. The molecule has 1 saturated carbocycles. The standard InChI is InChI=1S/C25H34N6O/c1-17-16-22(31(4)29-17)25(32)26-19-14-12-18(13-15-19)8-7-11-23-27-21-10-6-5-9-20(21)24(28-23)30(2)3/h5-6,9-10,16,18-19H,7-8,11-15H2,1-4H3,(H,26,32). The minimum absolute atomic E-state index is 0.0123. The summed E-state index contributed by atoms with van der Waals surface area (Å²) in [5.41, 5.74) is 2.52. The highest BCUT2D eigenvalue weighted by Crippen LogP contribution is 2.29. The summed E-state index contributed by atoms with van der Waals surface area (Å²) in [5.74, 6) is 2.63. The Hall–Kier alpha value is -2.96. The Morgan fingerprint density at radius 1 is 1.16 bits per heavy atom. The zero-order valence-electron chi connectivity index (χ0n) is 19.6. The number of carbonyl (C=O) groups is 1. The number of aromatic nitrogens is 4. The molecule has 0 aliphatic heterocycles.